The van der Waals surface area contributed by atoms with Crippen LogP contribution in [0.25, 0.3) is 32.9 Å². The van der Waals surface area contributed by atoms with Crippen molar-refractivity contribution in [3.8, 4) is 40.0 Å². The number of hydrogen-bond donors (Lipinski definition) is 2. The predicted molar refractivity (Wildman–Crippen MR) is 160 cm³/mol. The Morgan fingerprint density at radius 3 is 2.43 bits per heavy atom. The number of fused-ring (bicyclic) bond motifs is 2. The molecule has 6 aromatic rings. The molecule has 0 saturated heterocycles. The van der Waals surface area contributed by atoms with Gasteiger partial charge >= 0.3 is 0 Å². The predicted octanol–water partition coefficient (Wildman–Crippen LogP) is 6.79. The van der Waals surface area contributed by atoms with E-state index in [1.807, 2.05) is 0 Å². The first kappa shape index (κ1) is 28.5. The van der Waals surface area contributed by atoms with E-state index in [0.29, 0.717) is 56.7 Å². The number of methoxy groups -OCH3 is 2. The van der Waals surface area contributed by atoms with Crippen molar-refractivity contribution in [1.29, 1.82) is 0 Å². The fraction of sp³-hybridized carbons (Fsp3) is 0.125. The van der Waals surface area contributed by atoms with E-state index in [1.165, 1.54) is 50.1 Å². The van der Waals surface area contributed by atoms with Crippen molar-refractivity contribution in [3.63, 3.8) is 0 Å². The maximum atomic E-state index is 15.4. The van der Waals surface area contributed by atoms with Crippen molar-refractivity contribution in [3.05, 3.63) is 91.0 Å². The number of hydrogen-bond acceptors (Lipinski definition) is 10. The zero-order valence-corrected chi connectivity index (χ0v) is 23.5. The minimum absolute atomic E-state index is 0.0813. The Morgan fingerprint density at radius 2 is 1.66 bits per heavy atom. The van der Waals surface area contributed by atoms with E-state index in [4.69, 9.17) is 18.9 Å². The molecule has 3 heterocycles. The van der Waals surface area contributed by atoms with E-state index < -0.39 is 11.6 Å². The third-order valence-corrected chi connectivity index (χ3v) is 6.74. The molecule has 0 aliphatic heterocycles. The minimum Gasteiger partial charge on any atom is -0.506 e. The summed E-state index contributed by atoms with van der Waals surface area (Å²) >= 11 is 0. The average Bonchev–Trinajstić information content (AvgIpc) is 3.03. The lowest BCUT2D eigenvalue weighted by Crippen LogP contribution is -2.05. The number of pyridine rings is 2. The van der Waals surface area contributed by atoms with Gasteiger partial charge in [-0.15, -0.1) is 0 Å². The van der Waals surface area contributed by atoms with Crippen LogP contribution in [0.15, 0.2) is 79.4 Å². The van der Waals surface area contributed by atoms with E-state index in [1.54, 1.807) is 43.5 Å². The van der Waals surface area contributed by atoms with Crippen molar-refractivity contribution >= 4 is 33.3 Å². The van der Waals surface area contributed by atoms with E-state index in [9.17, 15) is 9.50 Å². The third-order valence-electron chi connectivity index (χ3n) is 6.74. The molecule has 3 aromatic carbocycles. The van der Waals surface area contributed by atoms with E-state index in [2.05, 4.69) is 25.3 Å². The van der Waals surface area contributed by atoms with Crippen molar-refractivity contribution in [2.45, 2.75) is 0 Å². The Bertz CT molecular complexity index is 1970. The molecule has 3 aromatic heterocycles. The number of aromatic nitrogens is 4. The molecule has 0 aliphatic rings. The van der Waals surface area contributed by atoms with Gasteiger partial charge in [0.05, 0.1) is 35.5 Å². The minimum atomic E-state index is -0.679. The van der Waals surface area contributed by atoms with E-state index in [-0.39, 0.29) is 29.8 Å². The van der Waals surface area contributed by atoms with Gasteiger partial charge in [-0.2, -0.15) is 0 Å². The molecule has 0 atom stereocenters. The number of anilines is 2. The first-order valence-corrected chi connectivity index (χ1v) is 13.4. The fourth-order valence-corrected chi connectivity index (χ4v) is 4.59. The van der Waals surface area contributed by atoms with Crippen molar-refractivity contribution in [1.82, 2.24) is 19.9 Å². The highest BCUT2D eigenvalue weighted by Gasteiger charge is 2.17. The number of nitrogens with one attached hydrogen (secondary N) is 1. The highest BCUT2D eigenvalue weighted by molar-refractivity contribution is 6.00. The number of ether oxygens (including phenoxy) is 4. The lowest BCUT2D eigenvalue weighted by atomic mass is 10.0. The van der Waals surface area contributed by atoms with E-state index >= 15 is 4.39 Å². The van der Waals surface area contributed by atoms with Gasteiger partial charge in [-0.1, -0.05) is 12.1 Å². The largest absolute Gasteiger partial charge is 0.506 e. The van der Waals surface area contributed by atoms with Crippen LogP contribution >= 0.6 is 0 Å². The van der Waals surface area contributed by atoms with Crippen LogP contribution in [-0.4, -0.2) is 52.5 Å². The number of rotatable bonds is 10. The molecule has 0 saturated carbocycles. The van der Waals surface area contributed by atoms with Crippen LogP contribution in [0.4, 0.5) is 20.3 Å². The summed E-state index contributed by atoms with van der Waals surface area (Å²) in [6.45, 7) is 0.666. The standard InChI is InChI=1S/C32H25F2N5O5/c1-41-11-12-43-28-14-21-25(15-27(28)42-2)37-17-38-32(21)44-26-8-7-20(13-23(26)34)39-31-29-24(9-10-35-31)36-16-22(30(29)40)18-3-5-19(33)6-4-18/h3-10,13-17H,11-12H2,1-2H3,(H,35,39)(H,36,40). The molecular formula is C32H25F2N5O5. The van der Waals surface area contributed by atoms with Crippen LogP contribution in [-0.2, 0) is 4.74 Å². The van der Waals surface area contributed by atoms with Gasteiger partial charge in [-0.3, -0.25) is 4.98 Å². The zero-order valence-electron chi connectivity index (χ0n) is 23.5. The maximum absolute atomic E-state index is 15.4. The summed E-state index contributed by atoms with van der Waals surface area (Å²) < 4.78 is 50.9. The average molecular weight is 598 g/mol. The summed E-state index contributed by atoms with van der Waals surface area (Å²) in [5.41, 5.74) is 2.28. The summed E-state index contributed by atoms with van der Waals surface area (Å²) in [7, 11) is 3.09. The van der Waals surface area contributed by atoms with Crippen LogP contribution in [0.5, 0.6) is 28.9 Å². The summed E-state index contributed by atoms with van der Waals surface area (Å²) in [5.74, 6) is 0.00662. The normalized spacial score (nSPS) is 11.1. The Hall–Kier alpha value is -5.62. The molecule has 0 radical (unpaired) electrons. The Balaban J connectivity index is 1.29. The second kappa shape index (κ2) is 12.3. The lowest BCUT2D eigenvalue weighted by molar-refractivity contribution is 0.144. The van der Waals surface area contributed by atoms with Gasteiger partial charge in [0, 0.05) is 42.9 Å². The molecule has 0 fully saturated rings. The lowest BCUT2D eigenvalue weighted by Gasteiger charge is -2.14. The van der Waals surface area contributed by atoms with Crippen molar-refractivity contribution in [2.75, 3.05) is 32.8 Å². The second-order valence-corrected chi connectivity index (χ2v) is 9.49. The fourth-order valence-electron chi connectivity index (χ4n) is 4.59. The van der Waals surface area contributed by atoms with Crippen LogP contribution in [0.1, 0.15) is 0 Å². The van der Waals surface area contributed by atoms with Crippen molar-refractivity contribution in [2.24, 2.45) is 0 Å². The highest BCUT2D eigenvalue weighted by Crippen LogP contribution is 2.40. The molecule has 10 nitrogen and oxygen atoms in total. The first-order valence-electron chi connectivity index (χ1n) is 13.4. The molecule has 6 rings (SSSR count). The van der Waals surface area contributed by atoms with Gasteiger partial charge in [0.2, 0.25) is 5.88 Å². The molecule has 222 valence electrons. The maximum Gasteiger partial charge on any atom is 0.230 e. The Kier molecular flexibility index (Phi) is 7.98. The molecule has 0 bridgehead atoms. The summed E-state index contributed by atoms with van der Waals surface area (Å²) in [4.78, 5) is 17.2. The zero-order chi connectivity index (χ0) is 30.6. The van der Waals surface area contributed by atoms with Crippen LogP contribution in [0.2, 0.25) is 0 Å². The molecule has 0 amide bonds. The molecular weight excluding hydrogens is 572 g/mol. The number of halogens is 2. The summed E-state index contributed by atoms with van der Waals surface area (Å²) in [5, 5.41) is 15.0. The Morgan fingerprint density at radius 1 is 0.818 bits per heavy atom. The van der Waals surface area contributed by atoms with Gasteiger partial charge in [0.25, 0.3) is 0 Å². The number of aromatic hydroxyl groups is 1. The second-order valence-electron chi connectivity index (χ2n) is 9.49. The monoisotopic (exact) mass is 597 g/mol. The van der Waals surface area contributed by atoms with Crippen LogP contribution < -0.4 is 19.5 Å². The number of nitrogens with zero attached hydrogens (tertiary/aromatic N) is 4. The van der Waals surface area contributed by atoms with Gasteiger partial charge in [-0.05, 0) is 42.0 Å². The quantitative estimate of drug-likeness (QED) is 0.163. The number of benzene rings is 3. The van der Waals surface area contributed by atoms with Gasteiger partial charge in [0.1, 0.15) is 30.3 Å². The van der Waals surface area contributed by atoms with E-state index in [0.717, 1.165) is 0 Å². The molecule has 12 heteroatoms. The highest BCUT2D eigenvalue weighted by atomic mass is 19.1. The van der Waals surface area contributed by atoms with Crippen LogP contribution in [0, 0.1) is 11.6 Å². The molecule has 0 unspecified atom stereocenters. The summed E-state index contributed by atoms with van der Waals surface area (Å²) in [6.07, 6.45) is 4.33. The van der Waals surface area contributed by atoms with Gasteiger partial charge in [-0.25, -0.2) is 23.7 Å². The molecule has 2 N–H and O–H groups in total. The summed E-state index contributed by atoms with van der Waals surface area (Å²) in [6, 6.07) is 14.9. The third kappa shape index (κ3) is 5.70. The Labute approximate surface area is 249 Å². The first-order chi connectivity index (χ1) is 21.4. The van der Waals surface area contributed by atoms with Gasteiger partial charge < -0.3 is 29.4 Å². The van der Waals surface area contributed by atoms with Crippen LogP contribution in [0.3, 0.4) is 0 Å². The van der Waals surface area contributed by atoms with Crippen molar-refractivity contribution < 1.29 is 32.8 Å². The SMILES string of the molecule is COCCOc1cc2c(Oc3ccc(Nc4nccc5ncc(-c6ccc(F)cc6)c(O)c45)cc3F)ncnc2cc1OC. The topological polar surface area (TPSA) is 121 Å². The molecule has 0 spiro atoms. The smallest absolute Gasteiger partial charge is 0.230 e. The molecule has 0 aliphatic carbocycles. The van der Waals surface area contributed by atoms with Gasteiger partial charge in [0.15, 0.2) is 23.1 Å². The molecule has 44 heavy (non-hydrogen) atoms.